The van der Waals surface area contributed by atoms with Crippen molar-refractivity contribution in [3.63, 3.8) is 0 Å². The normalized spacial score (nSPS) is 18.4. The summed E-state index contributed by atoms with van der Waals surface area (Å²) in [5.74, 6) is 0. The van der Waals surface area contributed by atoms with Crippen molar-refractivity contribution in [1.82, 2.24) is 5.32 Å². The number of nitrogens with one attached hydrogen (secondary N) is 1. The third kappa shape index (κ3) is 20.1. The summed E-state index contributed by atoms with van der Waals surface area (Å²) in [4.78, 5) is 0. The van der Waals surface area contributed by atoms with Gasteiger partial charge in [0.25, 0.3) is 0 Å². The predicted molar refractivity (Wildman–Crippen MR) is 69.7 cm³/mol. The summed E-state index contributed by atoms with van der Waals surface area (Å²) in [5.41, 5.74) is 10.5. The Morgan fingerprint density at radius 1 is 1.00 bits per heavy atom. The van der Waals surface area contributed by atoms with E-state index in [0.29, 0.717) is 5.41 Å². The van der Waals surface area contributed by atoms with Crippen LogP contribution in [0.1, 0.15) is 52.9 Å². The molecule has 94 valence electrons. The molecule has 0 amide bonds. The first-order chi connectivity index (χ1) is 6.85. The summed E-state index contributed by atoms with van der Waals surface area (Å²) in [6.07, 6.45) is 7.14. The average molecular weight is 217 g/mol. The zero-order valence-electron chi connectivity index (χ0n) is 11.3. The lowest BCUT2D eigenvalue weighted by Crippen LogP contribution is -2.25. The second-order valence-electron chi connectivity index (χ2n) is 5.08. The molecule has 0 spiro atoms. The molecule has 1 rings (SSSR count). The van der Waals surface area contributed by atoms with Crippen LogP contribution in [0.5, 0.6) is 0 Å². The standard InChI is InChI=1S/C8H16.C2H8N2.C2H7N/c1-8(2)6-4-3-5-7-8;1-2(3)4;1-3-2/h3-7H2,1-2H3;2H,3-4H2,1H3;3H,1-2H3. The average Bonchev–Trinajstić information content (AvgIpc) is 2.03. The number of hydrogen-bond acceptors (Lipinski definition) is 3. The van der Waals surface area contributed by atoms with E-state index in [0.717, 1.165) is 0 Å². The molecule has 15 heavy (non-hydrogen) atoms. The molecule has 1 fully saturated rings. The third-order valence-corrected chi connectivity index (χ3v) is 2.21. The predicted octanol–water partition coefficient (Wildman–Crippen LogP) is 2.06. The van der Waals surface area contributed by atoms with Crippen molar-refractivity contribution in [1.29, 1.82) is 0 Å². The SMILES string of the molecule is CC(N)N.CC1(C)CCCCC1.CNC. The van der Waals surface area contributed by atoms with Crippen LogP contribution in [0.25, 0.3) is 0 Å². The third-order valence-electron chi connectivity index (χ3n) is 2.21. The monoisotopic (exact) mass is 217 g/mol. The van der Waals surface area contributed by atoms with Gasteiger partial charge in [0.1, 0.15) is 0 Å². The lowest BCUT2D eigenvalue weighted by molar-refractivity contribution is 0.244. The molecule has 0 heterocycles. The van der Waals surface area contributed by atoms with Crippen LogP contribution in [0.15, 0.2) is 0 Å². The maximum Gasteiger partial charge on any atom is 0.0491 e. The Hall–Kier alpha value is -0.120. The maximum atomic E-state index is 4.89. The Kier molecular flexibility index (Phi) is 12.0. The molecule has 1 aliphatic rings. The van der Waals surface area contributed by atoms with E-state index in [-0.39, 0.29) is 6.17 Å². The molecule has 0 atom stereocenters. The quantitative estimate of drug-likeness (QED) is 0.544. The first kappa shape index (κ1) is 17.3. The van der Waals surface area contributed by atoms with Crippen LogP contribution >= 0.6 is 0 Å². The molecule has 3 nitrogen and oxygen atoms in total. The van der Waals surface area contributed by atoms with E-state index in [2.05, 4.69) is 19.2 Å². The van der Waals surface area contributed by atoms with Crippen LogP contribution in [0, 0.1) is 5.41 Å². The molecule has 1 aliphatic carbocycles. The van der Waals surface area contributed by atoms with E-state index in [9.17, 15) is 0 Å². The van der Waals surface area contributed by atoms with E-state index in [4.69, 9.17) is 11.5 Å². The fourth-order valence-electron chi connectivity index (χ4n) is 1.51. The molecule has 0 radical (unpaired) electrons. The van der Waals surface area contributed by atoms with Gasteiger partial charge in [-0.15, -0.1) is 0 Å². The molecule has 0 saturated heterocycles. The van der Waals surface area contributed by atoms with Crippen LogP contribution in [-0.2, 0) is 0 Å². The minimum atomic E-state index is -0.167. The molecule has 3 heteroatoms. The molecule has 1 saturated carbocycles. The fourth-order valence-corrected chi connectivity index (χ4v) is 1.51. The Balaban J connectivity index is 0. The molecule has 0 aromatic rings. The highest BCUT2D eigenvalue weighted by Crippen LogP contribution is 2.34. The molecular formula is C12H31N3. The van der Waals surface area contributed by atoms with Gasteiger partial charge in [-0.3, -0.25) is 0 Å². The molecule has 0 aromatic heterocycles. The zero-order chi connectivity index (χ0) is 12.3. The largest absolute Gasteiger partial charge is 0.323 e. The van der Waals surface area contributed by atoms with Crippen molar-refractivity contribution in [3.8, 4) is 0 Å². The molecule has 0 aromatic carbocycles. The van der Waals surface area contributed by atoms with Crippen molar-refractivity contribution in [2.24, 2.45) is 16.9 Å². The first-order valence-corrected chi connectivity index (χ1v) is 5.95. The fraction of sp³-hybridized carbons (Fsp3) is 1.00. The zero-order valence-corrected chi connectivity index (χ0v) is 11.3. The highest BCUT2D eigenvalue weighted by Gasteiger charge is 2.19. The van der Waals surface area contributed by atoms with Crippen molar-refractivity contribution in [2.75, 3.05) is 14.1 Å². The number of nitrogens with two attached hydrogens (primary N) is 2. The topological polar surface area (TPSA) is 64.1 Å². The van der Waals surface area contributed by atoms with Gasteiger partial charge in [0.05, 0.1) is 0 Å². The highest BCUT2D eigenvalue weighted by molar-refractivity contribution is 4.72. The van der Waals surface area contributed by atoms with Gasteiger partial charge in [0.2, 0.25) is 0 Å². The Morgan fingerprint density at radius 2 is 1.27 bits per heavy atom. The van der Waals surface area contributed by atoms with Gasteiger partial charge in [0.15, 0.2) is 0 Å². The van der Waals surface area contributed by atoms with Crippen molar-refractivity contribution < 1.29 is 0 Å². The van der Waals surface area contributed by atoms with Crippen LogP contribution < -0.4 is 16.8 Å². The smallest absolute Gasteiger partial charge is 0.0491 e. The molecular weight excluding hydrogens is 186 g/mol. The number of hydrogen-bond donors (Lipinski definition) is 3. The van der Waals surface area contributed by atoms with Crippen molar-refractivity contribution in [3.05, 3.63) is 0 Å². The Labute approximate surface area is 96.0 Å². The first-order valence-electron chi connectivity index (χ1n) is 5.95. The van der Waals surface area contributed by atoms with E-state index in [1.807, 2.05) is 14.1 Å². The summed E-state index contributed by atoms with van der Waals surface area (Å²) in [6, 6.07) is 0. The minimum Gasteiger partial charge on any atom is -0.323 e. The van der Waals surface area contributed by atoms with Crippen LogP contribution in [-0.4, -0.2) is 20.3 Å². The van der Waals surface area contributed by atoms with Crippen LogP contribution in [0.4, 0.5) is 0 Å². The van der Waals surface area contributed by atoms with Gasteiger partial charge in [-0.2, -0.15) is 0 Å². The summed E-state index contributed by atoms with van der Waals surface area (Å²) in [5, 5.41) is 2.75. The summed E-state index contributed by atoms with van der Waals surface area (Å²) < 4.78 is 0. The molecule has 0 aliphatic heterocycles. The Bertz CT molecular complexity index is 111. The molecule has 5 N–H and O–H groups in total. The lowest BCUT2D eigenvalue weighted by atomic mass is 9.78. The van der Waals surface area contributed by atoms with Gasteiger partial charge >= 0.3 is 0 Å². The van der Waals surface area contributed by atoms with Gasteiger partial charge in [-0.25, -0.2) is 0 Å². The summed E-state index contributed by atoms with van der Waals surface area (Å²) >= 11 is 0. The second kappa shape index (κ2) is 10.4. The van der Waals surface area contributed by atoms with E-state index in [1.165, 1.54) is 32.1 Å². The highest BCUT2D eigenvalue weighted by atomic mass is 14.8. The van der Waals surface area contributed by atoms with E-state index in [1.54, 1.807) is 6.92 Å². The van der Waals surface area contributed by atoms with Crippen LogP contribution in [0.3, 0.4) is 0 Å². The molecule has 0 unspecified atom stereocenters. The van der Waals surface area contributed by atoms with Gasteiger partial charge < -0.3 is 16.8 Å². The van der Waals surface area contributed by atoms with Crippen molar-refractivity contribution in [2.45, 2.75) is 59.0 Å². The summed E-state index contributed by atoms with van der Waals surface area (Å²) in [7, 11) is 3.75. The van der Waals surface area contributed by atoms with Gasteiger partial charge in [-0.1, -0.05) is 33.1 Å². The second-order valence-corrected chi connectivity index (χ2v) is 5.08. The van der Waals surface area contributed by atoms with E-state index >= 15 is 0 Å². The van der Waals surface area contributed by atoms with Crippen molar-refractivity contribution >= 4 is 0 Å². The molecule has 0 bridgehead atoms. The lowest BCUT2D eigenvalue weighted by Gasteiger charge is -2.28. The summed E-state index contributed by atoms with van der Waals surface area (Å²) in [6.45, 7) is 6.48. The Morgan fingerprint density at radius 3 is 1.40 bits per heavy atom. The maximum absolute atomic E-state index is 4.89. The van der Waals surface area contributed by atoms with Gasteiger partial charge in [0, 0.05) is 6.17 Å². The number of rotatable bonds is 0. The van der Waals surface area contributed by atoms with Crippen LogP contribution in [0.2, 0.25) is 0 Å². The minimum absolute atomic E-state index is 0.167. The van der Waals surface area contributed by atoms with Gasteiger partial charge in [-0.05, 0) is 39.3 Å². The van der Waals surface area contributed by atoms with E-state index < -0.39 is 0 Å².